The summed E-state index contributed by atoms with van der Waals surface area (Å²) >= 11 is 2.03. The van der Waals surface area contributed by atoms with Gasteiger partial charge in [0.05, 0.1) is 12.7 Å². The van der Waals surface area contributed by atoms with Crippen molar-refractivity contribution in [3.63, 3.8) is 0 Å². The van der Waals surface area contributed by atoms with E-state index in [-0.39, 0.29) is 5.97 Å². The minimum Gasteiger partial charge on any atom is -0.465 e. The van der Waals surface area contributed by atoms with Gasteiger partial charge in [0, 0.05) is 18.3 Å². The number of carbonyl (C=O) groups excluding carboxylic acids is 1. The molecule has 1 aliphatic rings. The van der Waals surface area contributed by atoms with Crippen molar-refractivity contribution in [1.29, 1.82) is 0 Å². The van der Waals surface area contributed by atoms with Gasteiger partial charge in [0.15, 0.2) is 0 Å². The molecule has 0 heterocycles. The van der Waals surface area contributed by atoms with Crippen LogP contribution in [0.2, 0.25) is 0 Å². The van der Waals surface area contributed by atoms with Gasteiger partial charge in [0.2, 0.25) is 0 Å². The Hall–Kier alpha value is -1.78. The third kappa shape index (κ3) is 6.85. The first kappa shape index (κ1) is 23.9. The highest BCUT2D eigenvalue weighted by Crippen LogP contribution is 2.30. The number of esters is 1. The van der Waals surface area contributed by atoms with Crippen LogP contribution in [0.1, 0.15) is 66.9 Å². The van der Waals surface area contributed by atoms with E-state index >= 15 is 0 Å². The van der Waals surface area contributed by atoms with Gasteiger partial charge in [-0.1, -0.05) is 69.4 Å². The van der Waals surface area contributed by atoms with E-state index in [1.54, 1.807) is 0 Å². The van der Waals surface area contributed by atoms with Gasteiger partial charge in [-0.2, -0.15) is 11.8 Å². The minimum absolute atomic E-state index is 0.285. The molecule has 0 spiro atoms. The molecule has 0 saturated heterocycles. The summed E-state index contributed by atoms with van der Waals surface area (Å²) in [6, 6.07) is 14.9. The maximum atomic E-state index is 12.4. The lowest BCUT2D eigenvalue weighted by Crippen LogP contribution is -2.33. The topological polar surface area (TPSA) is 38.3 Å². The van der Waals surface area contributed by atoms with Gasteiger partial charge in [-0.05, 0) is 59.4 Å². The Balaban J connectivity index is 1.77. The number of thioether (sulfide) groups is 1. The Morgan fingerprint density at radius 3 is 2.61 bits per heavy atom. The first-order chi connectivity index (χ1) is 15.1. The zero-order chi connectivity index (χ0) is 22.1. The lowest BCUT2D eigenvalue weighted by Gasteiger charge is -2.27. The van der Waals surface area contributed by atoms with E-state index in [0.29, 0.717) is 11.6 Å². The number of ether oxygens (including phenoxy) is 1. The highest BCUT2D eigenvalue weighted by Gasteiger charge is 2.20. The highest BCUT2D eigenvalue weighted by atomic mass is 32.2. The molecule has 31 heavy (non-hydrogen) atoms. The predicted octanol–water partition coefficient (Wildman–Crippen LogP) is 6.63. The molecule has 0 bridgehead atoms. The van der Waals surface area contributed by atoms with Crippen LogP contribution in [0.25, 0.3) is 11.1 Å². The number of hydrogen-bond donors (Lipinski definition) is 1. The van der Waals surface area contributed by atoms with Crippen LogP contribution in [0, 0.1) is 12.8 Å². The summed E-state index contributed by atoms with van der Waals surface area (Å²) < 4.78 is 5.05. The van der Waals surface area contributed by atoms with Crippen LogP contribution < -0.4 is 5.32 Å². The van der Waals surface area contributed by atoms with Gasteiger partial charge >= 0.3 is 5.97 Å². The van der Waals surface area contributed by atoms with Crippen LogP contribution in [0.3, 0.4) is 0 Å². The number of benzene rings is 2. The van der Waals surface area contributed by atoms with Crippen molar-refractivity contribution in [2.24, 2.45) is 5.92 Å². The molecular weight excluding hydrogens is 402 g/mol. The molecule has 0 aliphatic heterocycles. The van der Waals surface area contributed by atoms with Gasteiger partial charge in [-0.25, -0.2) is 4.79 Å². The molecule has 1 N–H and O–H groups in total. The largest absolute Gasteiger partial charge is 0.465 e. The van der Waals surface area contributed by atoms with E-state index in [9.17, 15) is 4.79 Å². The van der Waals surface area contributed by atoms with Crippen LogP contribution in [0.15, 0.2) is 42.5 Å². The van der Waals surface area contributed by atoms with Crippen molar-refractivity contribution in [1.82, 2.24) is 5.32 Å². The smallest absolute Gasteiger partial charge is 0.338 e. The van der Waals surface area contributed by atoms with Crippen LogP contribution >= 0.6 is 11.8 Å². The summed E-state index contributed by atoms with van der Waals surface area (Å²) in [5.41, 5.74) is 5.04. The van der Waals surface area contributed by atoms with E-state index in [4.69, 9.17) is 4.74 Å². The van der Waals surface area contributed by atoms with E-state index in [1.165, 1.54) is 51.2 Å². The summed E-state index contributed by atoms with van der Waals surface area (Å²) in [6.07, 6.45) is 8.26. The van der Waals surface area contributed by atoms with Gasteiger partial charge in [0.25, 0.3) is 0 Å². The number of aryl methyl sites for hydroxylation is 1. The molecule has 0 amide bonds. The van der Waals surface area contributed by atoms with Crippen molar-refractivity contribution in [3.05, 3.63) is 59.2 Å². The fourth-order valence-corrected chi connectivity index (χ4v) is 5.42. The summed E-state index contributed by atoms with van der Waals surface area (Å²) in [5.74, 6) is 2.91. The van der Waals surface area contributed by atoms with Crippen molar-refractivity contribution < 1.29 is 9.53 Å². The summed E-state index contributed by atoms with van der Waals surface area (Å²) in [6.45, 7) is 5.15. The standard InChI is InChI=1S/C27H37NO2S/c1-4-31-19-23(16-21-11-6-5-7-12-21)28-18-22-14-15-25(27(29)30-3)26(17-22)24-13-9-8-10-20(24)2/h8-10,13-15,17,21,23,28H,4-7,11-12,16,18-19H2,1-3H3/t23-/m0/s1. The average molecular weight is 440 g/mol. The van der Waals surface area contributed by atoms with E-state index < -0.39 is 0 Å². The molecule has 0 unspecified atom stereocenters. The molecule has 2 aromatic rings. The third-order valence-corrected chi connectivity index (χ3v) is 7.43. The van der Waals surface area contributed by atoms with Crippen LogP contribution in [0.5, 0.6) is 0 Å². The minimum atomic E-state index is -0.285. The predicted molar refractivity (Wildman–Crippen MR) is 133 cm³/mol. The second-order valence-corrected chi connectivity index (χ2v) is 9.98. The van der Waals surface area contributed by atoms with E-state index in [1.807, 2.05) is 30.0 Å². The second-order valence-electron chi connectivity index (χ2n) is 8.66. The maximum absolute atomic E-state index is 12.4. The third-order valence-electron chi connectivity index (χ3n) is 6.39. The zero-order valence-corrected chi connectivity index (χ0v) is 20.1. The molecule has 3 rings (SSSR count). The summed E-state index contributed by atoms with van der Waals surface area (Å²) in [4.78, 5) is 12.4. The molecule has 1 fully saturated rings. The lowest BCUT2D eigenvalue weighted by molar-refractivity contribution is 0.0601. The number of hydrogen-bond acceptors (Lipinski definition) is 4. The number of carbonyl (C=O) groups is 1. The first-order valence-corrected chi connectivity index (χ1v) is 12.9. The van der Waals surface area contributed by atoms with Gasteiger partial charge in [-0.3, -0.25) is 0 Å². The highest BCUT2D eigenvalue weighted by molar-refractivity contribution is 7.99. The Bertz CT molecular complexity index is 845. The normalized spacial score (nSPS) is 15.6. The summed E-state index contributed by atoms with van der Waals surface area (Å²) in [7, 11) is 1.45. The quantitative estimate of drug-likeness (QED) is 0.422. The zero-order valence-electron chi connectivity index (χ0n) is 19.3. The van der Waals surface area contributed by atoms with Crippen molar-refractivity contribution in [3.8, 4) is 11.1 Å². The number of methoxy groups -OCH3 is 1. The van der Waals surface area contributed by atoms with Crippen molar-refractivity contribution in [2.45, 2.75) is 65.0 Å². The summed E-state index contributed by atoms with van der Waals surface area (Å²) in [5, 5.41) is 3.84. The average Bonchev–Trinajstić information content (AvgIpc) is 2.81. The molecule has 0 aromatic heterocycles. The van der Waals surface area contributed by atoms with Crippen LogP contribution in [-0.2, 0) is 11.3 Å². The first-order valence-electron chi connectivity index (χ1n) is 11.7. The SMILES string of the molecule is CCSC[C@H](CC1CCCCC1)NCc1ccc(C(=O)OC)c(-c2ccccc2C)c1. The second kappa shape index (κ2) is 12.3. The fraction of sp³-hybridized carbons (Fsp3) is 0.519. The Morgan fingerprint density at radius 2 is 1.90 bits per heavy atom. The van der Waals surface area contributed by atoms with Gasteiger partial charge < -0.3 is 10.1 Å². The van der Waals surface area contributed by atoms with Crippen molar-refractivity contribution in [2.75, 3.05) is 18.6 Å². The van der Waals surface area contributed by atoms with E-state index in [0.717, 1.165) is 40.7 Å². The number of rotatable bonds is 10. The lowest BCUT2D eigenvalue weighted by atomic mass is 9.85. The Labute approximate surface area is 192 Å². The van der Waals surface area contributed by atoms with Gasteiger partial charge in [-0.15, -0.1) is 0 Å². The molecule has 0 radical (unpaired) electrons. The maximum Gasteiger partial charge on any atom is 0.338 e. The molecule has 1 atom stereocenters. The number of nitrogens with one attached hydrogen (secondary N) is 1. The Kier molecular flexibility index (Phi) is 9.48. The van der Waals surface area contributed by atoms with Gasteiger partial charge in [0.1, 0.15) is 0 Å². The molecule has 168 valence electrons. The van der Waals surface area contributed by atoms with E-state index in [2.05, 4.69) is 43.4 Å². The van der Waals surface area contributed by atoms with Crippen LogP contribution in [-0.4, -0.2) is 30.6 Å². The Morgan fingerprint density at radius 1 is 1.13 bits per heavy atom. The molecule has 1 aliphatic carbocycles. The fourth-order valence-electron chi connectivity index (χ4n) is 4.65. The molecule has 2 aromatic carbocycles. The molecule has 1 saturated carbocycles. The molecule has 4 heteroatoms. The monoisotopic (exact) mass is 439 g/mol. The molecular formula is C27H37NO2S. The van der Waals surface area contributed by atoms with Crippen LogP contribution in [0.4, 0.5) is 0 Å². The molecule has 3 nitrogen and oxygen atoms in total. The van der Waals surface area contributed by atoms with Crippen molar-refractivity contribution >= 4 is 17.7 Å².